The fourth-order valence-electron chi connectivity index (χ4n) is 1.83. The molecule has 0 aliphatic carbocycles. The molecule has 4 nitrogen and oxygen atoms in total. The Morgan fingerprint density at radius 2 is 1.68 bits per heavy atom. The lowest BCUT2D eigenvalue weighted by molar-refractivity contribution is -0.117. The van der Waals surface area contributed by atoms with Crippen LogP contribution in [0.15, 0.2) is 54.6 Å². The maximum Gasteiger partial charge on any atom is 0.269 e. The predicted molar refractivity (Wildman–Crippen MR) is 87.3 cm³/mol. The minimum atomic E-state index is -0.443. The summed E-state index contributed by atoms with van der Waals surface area (Å²) < 4.78 is 0. The average Bonchev–Trinajstić information content (AvgIpc) is 2.52. The van der Waals surface area contributed by atoms with Gasteiger partial charge in [-0.2, -0.15) is 0 Å². The zero-order chi connectivity index (χ0) is 15.9. The van der Waals surface area contributed by atoms with Gasteiger partial charge in [0.1, 0.15) is 0 Å². The molecule has 0 spiro atoms. The first-order valence-electron chi connectivity index (χ1n) is 6.66. The zero-order valence-electron chi connectivity index (χ0n) is 12.0. The molecule has 2 aromatic rings. The molecule has 5 heteroatoms. The molecule has 0 bridgehead atoms. The van der Waals surface area contributed by atoms with Crippen molar-refractivity contribution in [2.45, 2.75) is 6.92 Å². The van der Waals surface area contributed by atoms with Crippen molar-refractivity contribution in [2.24, 2.45) is 0 Å². The van der Waals surface area contributed by atoms with Gasteiger partial charge in [0.25, 0.3) is 11.8 Å². The molecule has 0 aromatic heterocycles. The second-order valence-corrected chi connectivity index (χ2v) is 5.02. The summed E-state index contributed by atoms with van der Waals surface area (Å²) in [5, 5.41) is 0.551. The molecule has 2 aromatic carbocycles. The number of carbonyl (C=O) groups is 2. The second kappa shape index (κ2) is 7.43. The Bertz CT molecular complexity index is 726. The quantitative estimate of drug-likeness (QED) is 0.675. The van der Waals surface area contributed by atoms with E-state index in [4.69, 9.17) is 11.6 Å². The van der Waals surface area contributed by atoms with Gasteiger partial charge in [-0.3, -0.25) is 20.4 Å². The third-order valence-electron chi connectivity index (χ3n) is 3.01. The molecule has 112 valence electrons. The summed E-state index contributed by atoms with van der Waals surface area (Å²) in [6.45, 7) is 1.83. The number of halogens is 1. The lowest BCUT2D eigenvalue weighted by Gasteiger charge is -2.07. The lowest BCUT2D eigenvalue weighted by atomic mass is 10.1. The molecule has 0 fully saturated rings. The van der Waals surface area contributed by atoms with Crippen LogP contribution in [-0.4, -0.2) is 11.8 Å². The van der Waals surface area contributed by atoms with Crippen molar-refractivity contribution < 1.29 is 9.59 Å². The molecule has 2 N–H and O–H groups in total. The van der Waals surface area contributed by atoms with Gasteiger partial charge in [0.15, 0.2) is 0 Å². The molecule has 2 amide bonds. The first kappa shape index (κ1) is 15.8. The Balaban J connectivity index is 1.92. The first-order valence-corrected chi connectivity index (χ1v) is 7.04. The van der Waals surface area contributed by atoms with E-state index >= 15 is 0 Å². The van der Waals surface area contributed by atoms with Gasteiger partial charge in [0.05, 0.1) is 0 Å². The average molecular weight is 315 g/mol. The number of carbonyl (C=O) groups excluding carboxylic acids is 2. The lowest BCUT2D eigenvalue weighted by Crippen LogP contribution is -2.41. The van der Waals surface area contributed by atoms with E-state index in [1.54, 1.807) is 30.3 Å². The minimum absolute atomic E-state index is 0.363. The van der Waals surface area contributed by atoms with Crippen LogP contribution in [0.3, 0.4) is 0 Å². The Hall–Kier alpha value is -2.59. The van der Waals surface area contributed by atoms with Crippen LogP contribution in [0.4, 0.5) is 0 Å². The van der Waals surface area contributed by atoms with Crippen LogP contribution in [0.2, 0.25) is 5.02 Å². The summed E-state index contributed by atoms with van der Waals surface area (Å²) in [5.41, 5.74) is 6.77. The molecule has 0 atom stereocenters. The number of benzene rings is 2. The molecular weight excluding hydrogens is 300 g/mol. The van der Waals surface area contributed by atoms with E-state index in [9.17, 15) is 9.59 Å². The number of amides is 2. The second-order valence-electron chi connectivity index (χ2n) is 4.61. The molecule has 22 heavy (non-hydrogen) atoms. The molecule has 0 radical (unpaired) electrons. The van der Waals surface area contributed by atoms with Gasteiger partial charge in [-0.1, -0.05) is 48.0 Å². The fourth-order valence-corrected chi connectivity index (χ4v) is 2.03. The van der Waals surface area contributed by atoms with Gasteiger partial charge in [0, 0.05) is 16.7 Å². The van der Waals surface area contributed by atoms with Crippen molar-refractivity contribution in [3.05, 3.63) is 76.3 Å². The molecule has 0 saturated carbocycles. The molecule has 0 heterocycles. The van der Waals surface area contributed by atoms with Gasteiger partial charge >= 0.3 is 0 Å². The number of aryl methyl sites for hydroxylation is 1. The Morgan fingerprint density at radius 3 is 2.41 bits per heavy atom. The van der Waals surface area contributed by atoms with Crippen molar-refractivity contribution in [2.75, 3.05) is 0 Å². The van der Waals surface area contributed by atoms with Gasteiger partial charge in [-0.25, -0.2) is 0 Å². The summed E-state index contributed by atoms with van der Waals surface area (Å²) in [7, 11) is 0. The van der Waals surface area contributed by atoms with Crippen LogP contribution in [0.1, 0.15) is 21.5 Å². The normalized spacial score (nSPS) is 10.5. The van der Waals surface area contributed by atoms with Gasteiger partial charge in [-0.05, 0) is 36.3 Å². The third kappa shape index (κ3) is 4.20. The van der Waals surface area contributed by atoms with Crippen LogP contribution in [0, 0.1) is 6.92 Å². The Kier molecular flexibility index (Phi) is 5.33. The van der Waals surface area contributed by atoms with Crippen LogP contribution >= 0.6 is 11.6 Å². The SMILES string of the molecule is Cc1ccccc1C(=O)NNC(=O)/C=C/c1ccccc1Cl. The summed E-state index contributed by atoms with van der Waals surface area (Å²) in [4.78, 5) is 23.6. The van der Waals surface area contributed by atoms with Crippen LogP contribution < -0.4 is 10.9 Å². The highest BCUT2D eigenvalue weighted by Crippen LogP contribution is 2.15. The molecule has 0 aliphatic heterocycles. The van der Waals surface area contributed by atoms with Crippen molar-refractivity contribution in [1.82, 2.24) is 10.9 Å². The smallest absolute Gasteiger partial charge is 0.268 e. The third-order valence-corrected chi connectivity index (χ3v) is 3.35. The number of hydrogen-bond donors (Lipinski definition) is 2. The molecular formula is C17H15ClN2O2. The highest BCUT2D eigenvalue weighted by molar-refractivity contribution is 6.32. The molecule has 0 unspecified atom stereocenters. The highest BCUT2D eigenvalue weighted by Gasteiger charge is 2.08. The monoisotopic (exact) mass is 314 g/mol. The van der Waals surface area contributed by atoms with Gasteiger partial charge in [0.2, 0.25) is 0 Å². The van der Waals surface area contributed by atoms with E-state index in [2.05, 4.69) is 10.9 Å². The molecule has 0 aliphatic rings. The maximum absolute atomic E-state index is 11.9. The summed E-state index contributed by atoms with van der Waals surface area (Å²) >= 11 is 5.98. The van der Waals surface area contributed by atoms with E-state index in [-0.39, 0.29) is 5.91 Å². The zero-order valence-corrected chi connectivity index (χ0v) is 12.7. The Labute approximate surface area is 133 Å². The number of hydrogen-bond acceptors (Lipinski definition) is 2. The van der Waals surface area contributed by atoms with E-state index in [1.165, 1.54) is 6.08 Å². The van der Waals surface area contributed by atoms with Crippen molar-refractivity contribution in [1.29, 1.82) is 0 Å². The van der Waals surface area contributed by atoms with Crippen LogP contribution in [-0.2, 0) is 4.79 Å². The standard InChI is InChI=1S/C17H15ClN2O2/c1-12-6-2-4-8-14(12)17(22)20-19-16(21)11-10-13-7-3-5-9-15(13)18/h2-11H,1H3,(H,19,21)(H,20,22)/b11-10+. The number of hydrazine groups is 1. The minimum Gasteiger partial charge on any atom is -0.268 e. The molecule has 0 saturated heterocycles. The first-order chi connectivity index (χ1) is 10.6. The van der Waals surface area contributed by atoms with E-state index in [0.29, 0.717) is 10.6 Å². The predicted octanol–water partition coefficient (Wildman–Crippen LogP) is 3.12. The van der Waals surface area contributed by atoms with Crippen LogP contribution in [0.25, 0.3) is 6.08 Å². The van der Waals surface area contributed by atoms with Crippen molar-refractivity contribution >= 4 is 29.5 Å². The summed E-state index contributed by atoms with van der Waals surface area (Å²) in [6.07, 6.45) is 2.89. The van der Waals surface area contributed by atoms with E-state index in [1.807, 2.05) is 31.2 Å². The van der Waals surface area contributed by atoms with Gasteiger partial charge in [-0.15, -0.1) is 0 Å². The topological polar surface area (TPSA) is 58.2 Å². The van der Waals surface area contributed by atoms with Crippen molar-refractivity contribution in [3.8, 4) is 0 Å². The van der Waals surface area contributed by atoms with Crippen LogP contribution in [0.5, 0.6) is 0 Å². The Morgan fingerprint density at radius 1 is 1.00 bits per heavy atom. The van der Waals surface area contributed by atoms with E-state index < -0.39 is 5.91 Å². The number of nitrogens with one attached hydrogen (secondary N) is 2. The highest BCUT2D eigenvalue weighted by atomic mass is 35.5. The largest absolute Gasteiger partial charge is 0.269 e. The van der Waals surface area contributed by atoms with E-state index in [0.717, 1.165) is 11.1 Å². The maximum atomic E-state index is 11.9. The summed E-state index contributed by atoms with van der Waals surface area (Å²) in [6, 6.07) is 14.3. The van der Waals surface area contributed by atoms with Gasteiger partial charge < -0.3 is 0 Å². The summed E-state index contributed by atoms with van der Waals surface area (Å²) in [5.74, 6) is -0.806. The molecule has 2 rings (SSSR count). The van der Waals surface area contributed by atoms with Crippen molar-refractivity contribution in [3.63, 3.8) is 0 Å². The number of rotatable bonds is 3. The fraction of sp³-hybridized carbons (Fsp3) is 0.0588.